The molecule has 1 aromatic carbocycles. The van der Waals surface area contributed by atoms with E-state index in [1.807, 2.05) is 0 Å². The Kier molecular flexibility index (Phi) is 1.71. The quantitative estimate of drug-likeness (QED) is 0.711. The second-order valence-electron chi connectivity index (χ2n) is 5.11. The van der Waals surface area contributed by atoms with Crippen molar-refractivity contribution in [1.29, 1.82) is 0 Å². The number of hydrogen-bond acceptors (Lipinski definition) is 1. The lowest BCUT2D eigenvalue weighted by atomic mass is 9.94. The van der Waals surface area contributed by atoms with Crippen LogP contribution >= 0.6 is 0 Å². The predicted molar refractivity (Wildman–Crippen MR) is 65.6 cm³/mol. The molecule has 1 fully saturated rings. The first kappa shape index (κ1) is 8.82. The van der Waals surface area contributed by atoms with Crippen molar-refractivity contribution < 1.29 is 0 Å². The van der Waals surface area contributed by atoms with Crippen LogP contribution in [-0.2, 0) is 6.54 Å². The second kappa shape index (κ2) is 3.11. The Morgan fingerprint density at radius 2 is 1.94 bits per heavy atom. The van der Waals surface area contributed by atoms with Gasteiger partial charge in [0, 0.05) is 29.1 Å². The minimum atomic E-state index is 0.779. The molecular formula is C14H16N2. The van der Waals surface area contributed by atoms with Gasteiger partial charge in [0.25, 0.3) is 0 Å². The standard InChI is InChI=1S/C14H16N2/c1-2-4-13-11(3-1)12-9-16-7-5-10(6-8-16)14(12)15-13/h1-4,10,15H,5-9H2. The number of benzene rings is 1. The summed E-state index contributed by atoms with van der Waals surface area (Å²) in [5.74, 6) is 0.779. The van der Waals surface area contributed by atoms with E-state index in [9.17, 15) is 0 Å². The molecule has 3 aliphatic heterocycles. The van der Waals surface area contributed by atoms with Crippen LogP contribution in [0.1, 0.15) is 30.0 Å². The van der Waals surface area contributed by atoms with Crippen molar-refractivity contribution in [1.82, 2.24) is 9.88 Å². The molecule has 1 saturated heterocycles. The molecule has 2 bridgehead atoms. The van der Waals surface area contributed by atoms with Crippen LogP contribution in [-0.4, -0.2) is 23.0 Å². The highest BCUT2D eigenvalue weighted by molar-refractivity contribution is 5.85. The normalized spacial score (nSPS) is 28.0. The third kappa shape index (κ3) is 1.11. The zero-order valence-electron chi connectivity index (χ0n) is 9.37. The first-order valence-electron chi connectivity index (χ1n) is 6.23. The van der Waals surface area contributed by atoms with Crippen molar-refractivity contribution in [3.05, 3.63) is 35.5 Å². The molecule has 1 N–H and O–H groups in total. The third-order valence-electron chi connectivity index (χ3n) is 4.22. The van der Waals surface area contributed by atoms with Gasteiger partial charge >= 0.3 is 0 Å². The smallest absolute Gasteiger partial charge is 0.0459 e. The predicted octanol–water partition coefficient (Wildman–Crippen LogP) is 2.86. The number of nitrogens with one attached hydrogen (secondary N) is 1. The van der Waals surface area contributed by atoms with Crippen LogP contribution in [0.2, 0.25) is 0 Å². The number of rotatable bonds is 0. The maximum Gasteiger partial charge on any atom is 0.0459 e. The lowest BCUT2D eigenvalue weighted by Gasteiger charge is -2.26. The Bertz CT molecular complexity index is 533. The fourth-order valence-electron chi connectivity index (χ4n) is 3.34. The average molecular weight is 212 g/mol. The van der Waals surface area contributed by atoms with Gasteiger partial charge in [-0.05, 0) is 37.6 Å². The number of nitrogens with zero attached hydrogens (tertiary/aromatic N) is 1. The van der Waals surface area contributed by atoms with Crippen LogP contribution in [0.5, 0.6) is 0 Å². The van der Waals surface area contributed by atoms with E-state index in [2.05, 4.69) is 34.1 Å². The second-order valence-corrected chi connectivity index (χ2v) is 5.11. The summed E-state index contributed by atoms with van der Waals surface area (Å²) >= 11 is 0. The molecule has 0 aliphatic carbocycles. The van der Waals surface area contributed by atoms with Crippen molar-refractivity contribution in [2.45, 2.75) is 25.3 Å². The molecule has 82 valence electrons. The van der Waals surface area contributed by atoms with Gasteiger partial charge < -0.3 is 4.98 Å². The van der Waals surface area contributed by atoms with Crippen molar-refractivity contribution in [2.75, 3.05) is 13.1 Å². The van der Waals surface area contributed by atoms with E-state index in [-0.39, 0.29) is 0 Å². The minimum absolute atomic E-state index is 0.779. The molecule has 2 heteroatoms. The summed E-state index contributed by atoms with van der Waals surface area (Å²) in [5.41, 5.74) is 4.41. The zero-order valence-corrected chi connectivity index (χ0v) is 9.37. The molecule has 0 spiro atoms. The average Bonchev–Trinajstić information content (AvgIpc) is 2.50. The van der Waals surface area contributed by atoms with Crippen LogP contribution in [0.25, 0.3) is 10.9 Å². The molecule has 0 radical (unpaired) electrons. The number of fused-ring (bicyclic) bond motifs is 3. The monoisotopic (exact) mass is 212 g/mol. The Labute approximate surface area is 95.3 Å². The Hall–Kier alpha value is -1.28. The molecule has 0 unspecified atom stereocenters. The van der Waals surface area contributed by atoms with Gasteiger partial charge in [-0.1, -0.05) is 18.2 Å². The van der Waals surface area contributed by atoms with Crippen LogP contribution in [0.4, 0.5) is 0 Å². The lowest BCUT2D eigenvalue weighted by Crippen LogP contribution is -2.28. The van der Waals surface area contributed by atoms with E-state index < -0.39 is 0 Å². The fraction of sp³-hybridized carbons (Fsp3) is 0.429. The summed E-state index contributed by atoms with van der Waals surface area (Å²) < 4.78 is 0. The van der Waals surface area contributed by atoms with E-state index in [4.69, 9.17) is 0 Å². The van der Waals surface area contributed by atoms with Gasteiger partial charge in [0.05, 0.1) is 0 Å². The minimum Gasteiger partial charge on any atom is -0.358 e. The zero-order chi connectivity index (χ0) is 10.5. The van der Waals surface area contributed by atoms with Crippen LogP contribution in [0, 0.1) is 0 Å². The van der Waals surface area contributed by atoms with Gasteiger partial charge in [-0.15, -0.1) is 0 Å². The highest BCUT2D eigenvalue weighted by Crippen LogP contribution is 2.38. The third-order valence-corrected chi connectivity index (χ3v) is 4.22. The van der Waals surface area contributed by atoms with Gasteiger partial charge in [-0.3, -0.25) is 4.90 Å². The number of aromatic nitrogens is 1. The molecule has 1 aromatic heterocycles. The van der Waals surface area contributed by atoms with Gasteiger partial charge in [-0.25, -0.2) is 0 Å². The van der Waals surface area contributed by atoms with Gasteiger partial charge in [0.15, 0.2) is 0 Å². The van der Waals surface area contributed by atoms with Crippen LogP contribution in [0.3, 0.4) is 0 Å². The van der Waals surface area contributed by atoms with Crippen molar-refractivity contribution in [3.8, 4) is 0 Å². The Morgan fingerprint density at radius 3 is 2.81 bits per heavy atom. The summed E-state index contributed by atoms with van der Waals surface area (Å²) in [5, 5.41) is 1.44. The summed E-state index contributed by atoms with van der Waals surface area (Å²) in [7, 11) is 0. The molecule has 0 amide bonds. The Morgan fingerprint density at radius 1 is 1.12 bits per heavy atom. The number of aromatic amines is 1. The molecule has 16 heavy (non-hydrogen) atoms. The van der Waals surface area contributed by atoms with E-state index in [0.717, 1.165) is 12.5 Å². The van der Waals surface area contributed by atoms with Crippen molar-refractivity contribution in [2.24, 2.45) is 0 Å². The first-order chi connectivity index (χ1) is 7.92. The first-order valence-corrected chi connectivity index (χ1v) is 6.23. The molecule has 5 rings (SSSR count). The van der Waals surface area contributed by atoms with Crippen LogP contribution in [0.15, 0.2) is 24.3 Å². The largest absolute Gasteiger partial charge is 0.358 e. The molecule has 2 nitrogen and oxygen atoms in total. The number of hydrogen-bond donors (Lipinski definition) is 1. The van der Waals surface area contributed by atoms with Gasteiger partial charge in [0.2, 0.25) is 0 Å². The summed E-state index contributed by atoms with van der Waals surface area (Å²) in [4.78, 5) is 6.26. The number of para-hydroxylation sites is 1. The fourth-order valence-corrected chi connectivity index (χ4v) is 3.34. The molecule has 3 aliphatic rings. The summed E-state index contributed by atoms with van der Waals surface area (Å²) in [6.45, 7) is 3.71. The number of piperidine rings is 1. The van der Waals surface area contributed by atoms with E-state index in [1.54, 1.807) is 5.56 Å². The molecule has 2 aromatic rings. The molecular weight excluding hydrogens is 196 g/mol. The number of H-pyrrole nitrogens is 1. The van der Waals surface area contributed by atoms with E-state index in [1.165, 1.54) is 42.5 Å². The topological polar surface area (TPSA) is 19.0 Å². The lowest BCUT2D eigenvalue weighted by molar-refractivity contribution is 0.220. The van der Waals surface area contributed by atoms with Crippen LogP contribution < -0.4 is 0 Å². The van der Waals surface area contributed by atoms with Crippen molar-refractivity contribution >= 4 is 10.9 Å². The summed E-state index contributed by atoms with van der Waals surface area (Å²) in [6.07, 6.45) is 2.67. The SMILES string of the molecule is c1ccc2c3c([nH]c2c1)C1CCN(CC1)C3. The highest BCUT2D eigenvalue weighted by Gasteiger charge is 2.29. The van der Waals surface area contributed by atoms with Gasteiger partial charge in [-0.2, -0.15) is 0 Å². The van der Waals surface area contributed by atoms with E-state index in [0.29, 0.717) is 0 Å². The Balaban J connectivity index is 2.00. The molecule has 4 heterocycles. The van der Waals surface area contributed by atoms with E-state index >= 15 is 0 Å². The summed E-state index contributed by atoms with van der Waals surface area (Å²) in [6, 6.07) is 8.73. The maximum absolute atomic E-state index is 3.66. The van der Waals surface area contributed by atoms with Crippen molar-refractivity contribution in [3.63, 3.8) is 0 Å². The maximum atomic E-state index is 3.66. The molecule has 0 saturated carbocycles. The highest BCUT2D eigenvalue weighted by atomic mass is 15.1. The molecule has 0 atom stereocenters. The van der Waals surface area contributed by atoms with Gasteiger partial charge in [0.1, 0.15) is 0 Å².